The second kappa shape index (κ2) is 7.66. The van der Waals surface area contributed by atoms with Crippen molar-refractivity contribution in [2.45, 2.75) is 37.3 Å². The van der Waals surface area contributed by atoms with Crippen LogP contribution < -0.4 is 10.5 Å². The zero-order chi connectivity index (χ0) is 15.9. The van der Waals surface area contributed by atoms with Crippen molar-refractivity contribution in [1.29, 1.82) is 5.26 Å². The van der Waals surface area contributed by atoms with Crippen LogP contribution >= 0.6 is 11.8 Å². The lowest BCUT2D eigenvalue weighted by atomic mass is 10.2. The fourth-order valence-corrected chi connectivity index (χ4v) is 2.55. The topological polar surface area (TPSA) is 84.8 Å². The van der Waals surface area contributed by atoms with Gasteiger partial charge < -0.3 is 10.5 Å². The van der Waals surface area contributed by atoms with Crippen LogP contribution in [0.5, 0.6) is 5.75 Å². The van der Waals surface area contributed by atoms with E-state index in [2.05, 4.69) is 29.9 Å². The molecule has 0 amide bonds. The summed E-state index contributed by atoms with van der Waals surface area (Å²) in [5.74, 6) is 0.926. The molecule has 0 aliphatic heterocycles. The number of nitrogens with two attached hydrogens (primary N) is 1. The summed E-state index contributed by atoms with van der Waals surface area (Å²) in [4.78, 5) is 8.63. The van der Waals surface area contributed by atoms with Crippen LogP contribution in [0.3, 0.4) is 0 Å². The van der Waals surface area contributed by atoms with Gasteiger partial charge in [0, 0.05) is 5.25 Å². The van der Waals surface area contributed by atoms with E-state index in [1.807, 2.05) is 30.3 Å². The Morgan fingerprint density at radius 3 is 2.68 bits per heavy atom. The first-order chi connectivity index (χ1) is 10.6. The maximum atomic E-state index is 9.24. The highest BCUT2D eigenvalue weighted by Crippen LogP contribution is 2.25. The van der Waals surface area contributed by atoms with E-state index < -0.39 is 0 Å². The first-order valence-electron chi connectivity index (χ1n) is 7.05. The van der Waals surface area contributed by atoms with Crippen LogP contribution in [-0.2, 0) is 6.61 Å². The van der Waals surface area contributed by atoms with Crippen molar-refractivity contribution in [2.24, 2.45) is 0 Å². The van der Waals surface area contributed by atoms with Gasteiger partial charge in [0.2, 0.25) is 0 Å². The van der Waals surface area contributed by atoms with Gasteiger partial charge in [-0.3, -0.25) is 0 Å². The monoisotopic (exact) mass is 314 g/mol. The summed E-state index contributed by atoms with van der Waals surface area (Å²) < 4.78 is 5.67. The Balaban J connectivity index is 2.22. The Morgan fingerprint density at radius 2 is 2.05 bits per heavy atom. The molecule has 0 spiro atoms. The van der Waals surface area contributed by atoms with E-state index in [4.69, 9.17) is 10.5 Å². The van der Waals surface area contributed by atoms with Crippen LogP contribution in [0, 0.1) is 11.3 Å². The predicted molar refractivity (Wildman–Crippen MR) is 87.5 cm³/mol. The van der Waals surface area contributed by atoms with Crippen LogP contribution in [0.4, 0.5) is 5.82 Å². The van der Waals surface area contributed by atoms with Gasteiger partial charge in [0.05, 0.1) is 0 Å². The van der Waals surface area contributed by atoms with Gasteiger partial charge in [-0.05, 0) is 18.6 Å². The molecule has 22 heavy (non-hydrogen) atoms. The van der Waals surface area contributed by atoms with Crippen molar-refractivity contribution in [3.63, 3.8) is 0 Å². The molecular weight excluding hydrogens is 296 g/mol. The molecule has 0 radical (unpaired) electrons. The number of hydrogen-bond acceptors (Lipinski definition) is 6. The third kappa shape index (κ3) is 4.12. The van der Waals surface area contributed by atoms with Gasteiger partial charge in [0.15, 0.2) is 5.16 Å². The molecule has 1 heterocycles. The number of benzene rings is 1. The largest absolute Gasteiger partial charge is 0.487 e. The molecule has 0 aliphatic rings. The van der Waals surface area contributed by atoms with Crippen molar-refractivity contribution in [3.05, 3.63) is 41.6 Å². The number of anilines is 1. The molecule has 2 N–H and O–H groups in total. The maximum absolute atomic E-state index is 9.24. The van der Waals surface area contributed by atoms with Crippen LogP contribution in [0.2, 0.25) is 0 Å². The molecule has 0 fully saturated rings. The SMILES string of the molecule is CCC(C)Sc1nc(N)c(C#N)c(COc2ccccc2)n1. The minimum absolute atomic E-state index is 0.188. The van der Waals surface area contributed by atoms with E-state index in [1.165, 1.54) is 0 Å². The molecule has 6 heteroatoms. The second-order valence-corrected chi connectivity index (χ2v) is 6.17. The van der Waals surface area contributed by atoms with Gasteiger partial charge in [-0.15, -0.1) is 0 Å². The van der Waals surface area contributed by atoms with E-state index >= 15 is 0 Å². The molecule has 1 atom stereocenters. The third-order valence-corrected chi connectivity index (χ3v) is 4.23. The van der Waals surface area contributed by atoms with Crippen LogP contribution in [0.15, 0.2) is 35.5 Å². The van der Waals surface area contributed by atoms with E-state index in [9.17, 15) is 5.26 Å². The number of aromatic nitrogens is 2. The first-order valence-corrected chi connectivity index (χ1v) is 7.93. The zero-order valence-electron chi connectivity index (χ0n) is 12.6. The summed E-state index contributed by atoms with van der Waals surface area (Å²) in [5, 5.41) is 10.2. The number of hydrogen-bond donors (Lipinski definition) is 1. The molecular formula is C16H18N4OS. The number of nitrogens with zero attached hydrogens (tertiary/aromatic N) is 3. The van der Waals surface area contributed by atoms with Crippen molar-refractivity contribution in [3.8, 4) is 11.8 Å². The molecule has 114 valence electrons. The van der Waals surface area contributed by atoms with Gasteiger partial charge in [-0.2, -0.15) is 5.26 Å². The Bertz CT molecular complexity index is 670. The standard InChI is InChI=1S/C16H18N4OS/c1-3-11(2)22-16-19-14(13(9-17)15(18)20-16)10-21-12-7-5-4-6-8-12/h4-8,11H,3,10H2,1-2H3,(H2,18,19,20). The normalized spacial score (nSPS) is 11.7. The van der Waals surface area contributed by atoms with Crippen molar-refractivity contribution < 1.29 is 4.74 Å². The first kappa shape index (κ1) is 16.1. The number of nitriles is 1. The lowest BCUT2D eigenvalue weighted by Crippen LogP contribution is -2.09. The summed E-state index contributed by atoms with van der Waals surface area (Å²) in [7, 11) is 0. The second-order valence-electron chi connectivity index (χ2n) is 4.76. The Morgan fingerprint density at radius 1 is 1.32 bits per heavy atom. The number of para-hydroxylation sites is 1. The average molecular weight is 314 g/mol. The van der Waals surface area contributed by atoms with Gasteiger partial charge in [0.1, 0.15) is 35.5 Å². The van der Waals surface area contributed by atoms with Crippen LogP contribution in [-0.4, -0.2) is 15.2 Å². The molecule has 2 aromatic rings. The molecule has 1 unspecified atom stereocenters. The molecule has 0 saturated heterocycles. The summed E-state index contributed by atoms with van der Waals surface area (Å²) in [6.45, 7) is 4.39. The van der Waals surface area contributed by atoms with Crippen molar-refractivity contribution in [1.82, 2.24) is 9.97 Å². The van der Waals surface area contributed by atoms with E-state index in [0.717, 1.165) is 12.2 Å². The highest BCUT2D eigenvalue weighted by Gasteiger charge is 2.14. The quantitative estimate of drug-likeness (QED) is 0.649. The minimum Gasteiger partial charge on any atom is -0.487 e. The maximum Gasteiger partial charge on any atom is 0.190 e. The van der Waals surface area contributed by atoms with Gasteiger partial charge in [0.25, 0.3) is 0 Å². The van der Waals surface area contributed by atoms with Crippen molar-refractivity contribution in [2.75, 3.05) is 5.73 Å². The van der Waals surface area contributed by atoms with Crippen LogP contribution in [0.1, 0.15) is 31.5 Å². The molecule has 0 bridgehead atoms. The molecule has 0 saturated carbocycles. The van der Waals surface area contributed by atoms with Gasteiger partial charge >= 0.3 is 0 Å². The van der Waals surface area contributed by atoms with Crippen molar-refractivity contribution >= 4 is 17.6 Å². The number of ether oxygens (including phenoxy) is 1. The lowest BCUT2D eigenvalue weighted by molar-refractivity contribution is 0.299. The van der Waals surface area contributed by atoms with E-state index in [-0.39, 0.29) is 18.0 Å². The molecule has 5 nitrogen and oxygen atoms in total. The number of rotatable bonds is 6. The Labute approximate surface area is 134 Å². The van der Waals surface area contributed by atoms with E-state index in [0.29, 0.717) is 16.1 Å². The molecule has 1 aromatic carbocycles. The molecule has 0 aliphatic carbocycles. The number of nitrogen functional groups attached to an aromatic ring is 1. The van der Waals surface area contributed by atoms with Gasteiger partial charge in [-0.1, -0.05) is 43.8 Å². The van der Waals surface area contributed by atoms with Crippen LogP contribution in [0.25, 0.3) is 0 Å². The fourth-order valence-electron chi connectivity index (χ4n) is 1.71. The predicted octanol–water partition coefficient (Wildman–Crippen LogP) is 3.40. The lowest BCUT2D eigenvalue weighted by Gasteiger charge is -2.11. The average Bonchev–Trinajstić information content (AvgIpc) is 2.53. The van der Waals surface area contributed by atoms with E-state index in [1.54, 1.807) is 11.8 Å². The highest BCUT2D eigenvalue weighted by atomic mass is 32.2. The third-order valence-electron chi connectivity index (χ3n) is 3.10. The number of thioether (sulfide) groups is 1. The minimum atomic E-state index is 0.188. The zero-order valence-corrected chi connectivity index (χ0v) is 13.4. The molecule has 2 rings (SSSR count). The molecule has 1 aromatic heterocycles. The van der Waals surface area contributed by atoms with Gasteiger partial charge in [-0.25, -0.2) is 9.97 Å². The summed E-state index contributed by atoms with van der Waals surface area (Å²) in [5.41, 5.74) is 6.68. The fraction of sp³-hybridized carbons (Fsp3) is 0.312. The summed E-state index contributed by atoms with van der Waals surface area (Å²) in [6, 6.07) is 11.5. The Kier molecular flexibility index (Phi) is 5.61. The summed E-state index contributed by atoms with van der Waals surface area (Å²) >= 11 is 1.55. The Hall–Kier alpha value is -2.26. The summed E-state index contributed by atoms with van der Waals surface area (Å²) in [6.07, 6.45) is 1.00. The highest BCUT2D eigenvalue weighted by molar-refractivity contribution is 7.99. The smallest absolute Gasteiger partial charge is 0.190 e.